The van der Waals surface area contributed by atoms with E-state index in [1.807, 2.05) is 18.2 Å². The average molecular weight is 483 g/mol. The van der Waals surface area contributed by atoms with E-state index in [4.69, 9.17) is 21.3 Å². The van der Waals surface area contributed by atoms with Gasteiger partial charge in [0.1, 0.15) is 6.61 Å². The highest BCUT2D eigenvalue weighted by atomic mass is 35.5. The minimum Gasteiger partial charge on any atom is -0.458 e. The molecule has 1 atom stereocenters. The minimum absolute atomic E-state index is 0.121. The Balaban J connectivity index is 1.81. The van der Waals surface area contributed by atoms with Crippen LogP contribution in [0.15, 0.2) is 35.1 Å². The molecule has 0 saturated heterocycles. The molecule has 33 heavy (non-hydrogen) atoms. The Bertz CT molecular complexity index is 1370. The van der Waals surface area contributed by atoms with Crippen molar-refractivity contribution < 1.29 is 14.6 Å². The van der Waals surface area contributed by atoms with Gasteiger partial charge in [-0.2, -0.15) is 0 Å². The molecular formula is C25H27ClN2O4Si. The molecule has 2 aliphatic rings. The van der Waals surface area contributed by atoms with Gasteiger partial charge in [0, 0.05) is 11.4 Å². The van der Waals surface area contributed by atoms with Crippen molar-refractivity contribution in [1.82, 2.24) is 9.55 Å². The molecule has 0 bridgehead atoms. The number of rotatable bonds is 5. The molecule has 8 heteroatoms. The number of esters is 1. The zero-order valence-corrected chi connectivity index (χ0v) is 20.8. The number of hydrogen-bond donors (Lipinski definition) is 1. The first-order chi connectivity index (χ1) is 15.7. The summed E-state index contributed by atoms with van der Waals surface area (Å²) < 4.78 is 6.91. The van der Waals surface area contributed by atoms with E-state index in [0.717, 1.165) is 34.6 Å². The first kappa shape index (κ1) is 22.3. The number of cyclic esters (lactones) is 1. The summed E-state index contributed by atoms with van der Waals surface area (Å²) in [4.78, 5) is 30.9. The van der Waals surface area contributed by atoms with Crippen LogP contribution in [0.2, 0.25) is 19.1 Å². The number of carbonyl (C=O) groups excluding carboxylic acids is 1. The fourth-order valence-electron chi connectivity index (χ4n) is 5.43. The third-order valence-corrected chi connectivity index (χ3v) is 11.0. The second-order valence-electron chi connectivity index (χ2n) is 9.61. The first-order valence-electron chi connectivity index (χ1n) is 11.4. The Morgan fingerprint density at radius 2 is 2.00 bits per heavy atom. The van der Waals surface area contributed by atoms with Crippen LogP contribution >= 0.6 is 11.6 Å². The SMILES string of the molecule is CC[C@@]1(O)C(=O)OCc2c1cc1n(c2=O)Cc2c-1nc1ccccc1c2[Si](C)(C)CCCCl. The van der Waals surface area contributed by atoms with Gasteiger partial charge in [0.2, 0.25) is 0 Å². The minimum atomic E-state index is -1.92. The molecular weight excluding hydrogens is 456 g/mol. The van der Waals surface area contributed by atoms with Crippen LogP contribution in [0.1, 0.15) is 36.5 Å². The Labute approximate surface area is 198 Å². The molecule has 0 aliphatic carbocycles. The summed E-state index contributed by atoms with van der Waals surface area (Å²) >= 11 is 6.05. The van der Waals surface area contributed by atoms with E-state index in [1.165, 1.54) is 5.19 Å². The van der Waals surface area contributed by atoms with E-state index in [1.54, 1.807) is 17.6 Å². The second kappa shape index (κ2) is 7.79. The summed E-state index contributed by atoms with van der Waals surface area (Å²) in [5.41, 5.74) is 2.04. The van der Waals surface area contributed by atoms with E-state index in [0.29, 0.717) is 29.2 Å². The maximum absolute atomic E-state index is 13.5. The van der Waals surface area contributed by atoms with Gasteiger partial charge >= 0.3 is 5.97 Å². The van der Waals surface area contributed by atoms with Crippen LogP contribution in [-0.4, -0.2) is 34.6 Å². The molecule has 0 amide bonds. The summed E-state index contributed by atoms with van der Waals surface area (Å²) in [6, 6.07) is 10.9. The van der Waals surface area contributed by atoms with Crippen LogP contribution in [0, 0.1) is 0 Å². The van der Waals surface area contributed by atoms with E-state index in [2.05, 4.69) is 19.2 Å². The van der Waals surface area contributed by atoms with Gasteiger partial charge in [-0.25, -0.2) is 9.78 Å². The van der Waals surface area contributed by atoms with Crippen molar-refractivity contribution >= 4 is 41.7 Å². The number of carbonyl (C=O) groups is 1. The number of aliphatic hydroxyl groups is 1. The number of aromatic nitrogens is 2. The van der Waals surface area contributed by atoms with Gasteiger partial charge in [0.15, 0.2) is 5.60 Å². The maximum Gasteiger partial charge on any atom is 0.343 e. The smallest absolute Gasteiger partial charge is 0.343 e. The molecule has 172 valence electrons. The topological polar surface area (TPSA) is 81.4 Å². The lowest BCUT2D eigenvalue weighted by atomic mass is 9.86. The van der Waals surface area contributed by atoms with Gasteiger partial charge in [-0.15, -0.1) is 11.6 Å². The molecule has 5 rings (SSSR count). The lowest BCUT2D eigenvalue weighted by Crippen LogP contribution is -2.45. The number of halogens is 1. The summed E-state index contributed by atoms with van der Waals surface area (Å²) in [5.74, 6) is -0.0839. The Kier molecular flexibility index (Phi) is 5.27. The third kappa shape index (κ3) is 3.20. The molecule has 0 saturated carbocycles. The molecule has 2 aromatic heterocycles. The summed E-state index contributed by atoms with van der Waals surface area (Å²) in [6.45, 7) is 6.72. The maximum atomic E-state index is 13.5. The molecule has 2 aliphatic heterocycles. The molecule has 1 N–H and O–H groups in total. The van der Waals surface area contributed by atoms with Gasteiger partial charge in [-0.1, -0.05) is 44.3 Å². The highest BCUT2D eigenvalue weighted by Gasteiger charge is 2.45. The summed E-state index contributed by atoms with van der Waals surface area (Å²) in [5, 5.41) is 13.6. The number of para-hydroxylation sites is 1. The van der Waals surface area contributed by atoms with Crippen molar-refractivity contribution in [2.75, 3.05) is 5.88 Å². The van der Waals surface area contributed by atoms with Crippen LogP contribution in [0.5, 0.6) is 0 Å². The van der Waals surface area contributed by atoms with E-state index >= 15 is 0 Å². The average Bonchev–Trinajstić information content (AvgIpc) is 3.17. The van der Waals surface area contributed by atoms with Crippen molar-refractivity contribution in [3.63, 3.8) is 0 Å². The van der Waals surface area contributed by atoms with Crippen molar-refractivity contribution in [2.24, 2.45) is 0 Å². The van der Waals surface area contributed by atoms with Crippen LogP contribution in [0.3, 0.4) is 0 Å². The lowest BCUT2D eigenvalue weighted by Gasteiger charge is -2.31. The fraction of sp³-hybridized carbons (Fsp3) is 0.400. The van der Waals surface area contributed by atoms with Crippen molar-refractivity contribution in [3.8, 4) is 11.4 Å². The van der Waals surface area contributed by atoms with Gasteiger partial charge < -0.3 is 14.4 Å². The summed E-state index contributed by atoms with van der Waals surface area (Å²) in [6.07, 6.45) is 1.07. The Morgan fingerprint density at radius 3 is 2.73 bits per heavy atom. The van der Waals surface area contributed by atoms with Crippen molar-refractivity contribution in [1.29, 1.82) is 0 Å². The highest BCUT2D eigenvalue weighted by molar-refractivity contribution is 6.91. The van der Waals surface area contributed by atoms with Crippen LogP contribution in [0.25, 0.3) is 22.3 Å². The van der Waals surface area contributed by atoms with Gasteiger partial charge in [-0.3, -0.25) is 4.79 Å². The molecule has 3 aromatic rings. The largest absolute Gasteiger partial charge is 0.458 e. The predicted molar refractivity (Wildman–Crippen MR) is 132 cm³/mol. The van der Waals surface area contributed by atoms with Gasteiger partial charge in [-0.05, 0) is 41.1 Å². The number of ether oxygens (including phenoxy) is 1. The number of nitrogens with zero attached hydrogens (tertiary/aromatic N) is 2. The molecule has 0 spiro atoms. The predicted octanol–water partition coefficient (Wildman–Crippen LogP) is 3.62. The van der Waals surface area contributed by atoms with Crippen LogP contribution < -0.4 is 10.7 Å². The van der Waals surface area contributed by atoms with E-state index < -0.39 is 19.6 Å². The van der Waals surface area contributed by atoms with E-state index in [-0.39, 0.29) is 18.6 Å². The second-order valence-corrected chi connectivity index (χ2v) is 14.8. The first-order valence-corrected chi connectivity index (χ1v) is 15.1. The monoisotopic (exact) mass is 482 g/mol. The number of fused-ring (bicyclic) bond motifs is 5. The zero-order valence-electron chi connectivity index (χ0n) is 19.1. The number of benzene rings is 1. The number of alkyl halides is 1. The normalized spacial score (nSPS) is 19.2. The fourth-order valence-corrected chi connectivity index (χ4v) is 9.06. The molecule has 4 heterocycles. The molecule has 0 unspecified atom stereocenters. The van der Waals surface area contributed by atoms with Crippen molar-refractivity contribution in [2.45, 2.75) is 57.7 Å². The molecule has 1 aromatic carbocycles. The van der Waals surface area contributed by atoms with Crippen molar-refractivity contribution in [3.05, 3.63) is 57.4 Å². The van der Waals surface area contributed by atoms with Gasteiger partial charge in [0.05, 0.1) is 37.1 Å². The van der Waals surface area contributed by atoms with Crippen LogP contribution in [-0.2, 0) is 28.3 Å². The number of pyridine rings is 2. The summed E-state index contributed by atoms with van der Waals surface area (Å²) in [7, 11) is -1.92. The molecule has 0 radical (unpaired) electrons. The lowest BCUT2D eigenvalue weighted by molar-refractivity contribution is -0.172. The number of hydrogen-bond acceptors (Lipinski definition) is 5. The third-order valence-electron chi connectivity index (χ3n) is 7.21. The molecule has 0 fully saturated rings. The zero-order chi connectivity index (χ0) is 23.5. The Morgan fingerprint density at radius 1 is 1.24 bits per heavy atom. The quantitative estimate of drug-likeness (QED) is 0.267. The molecule has 6 nitrogen and oxygen atoms in total. The standard InChI is InChI=1S/C25H27ClN2O4Si/c1-4-25(31)18-12-20-21-16(13-28(20)23(29)17(18)14-32-24(25)30)22(33(2,3)11-7-10-26)15-8-5-6-9-19(15)27-21/h5-6,8-9,12,31H,4,7,10-11,13-14H2,1-3H3/t25-/m0/s1. The van der Waals surface area contributed by atoms with Crippen LogP contribution in [0.4, 0.5) is 0 Å². The highest BCUT2D eigenvalue weighted by Crippen LogP contribution is 2.39. The van der Waals surface area contributed by atoms with Gasteiger partial charge in [0.25, 0.3) is 5.56 Å². The Hall–Kier alpha value is -2.48. The van der Waals surface area contributed by atoms with E-state index in [9.17, 15) is 14.7 Å².